The number of nitrogens with zero attached hydrogens (tertiary/aromatic N) is 1. The van der Waals surface area contributed by atoms with Gasteiger partial charge in [-0.2, -0.15) is 0 Å². The minimum absolute atomic E-state index is 0.0593. The quantitative estimate of drug-likeness (QED) is 0.884. The second-order valence-corrected chi connectivity index (χ2v) is 6.91. The Hall–Kier alpha value is -2.38. The summed E-state index contributed by atoms with van der Waals surface area (Å²) in [4.78, 5) is 14.1. The maximum atomic E-state index is 12.4. The summed E-state index contributed by atoms with van der Waals surface area (Å²) >= 11 is 0. The minimum atomic E-state index is -3.72. The zero-order valence-electron chi connectivity index (χ0n) is 12.4. The third-order valence-electron chi connectivity index (χ3n) is 3.79. The lowest BCUT2D eigenvalue weighted by atomic mass is 10.2. The molecule has 2 aromatic rings. The Morgan fingerprint density at radius 3 is 2.61 bits per heavy atom. The van der Waals surface area contributed by atoms with Gasteiger partial charge in [0.05, 0.1) is 11.4 Å². The van der Waals surface area contributed by atoms with E-state index >= 15 is 0 Å². The highest BCUT2D eigenvalue weighted by atomic mass is 32.2. The molecular formula is C16H17N3O3S. The van der Waals surface area contributed by atoms with Crippen LogP contribution in [0.25, 0.3) is 0 Å². The first kappa shape index (κ1) is 15.5. The van der Waals surface area contributed by atoms with Crippen LogP contribution in [-0.2, 0) is 21.2 Å². The van der Waals surface area contributed by atoms with E-state index in [-0.39, 0.29) is 17.3 Å². The van der Waals surface area contributed by atoms with E-state index in [0.29, 0.717) is 13.0 Å². The maximum Gasteiger partial charge on any atom is 0.246 e. The van der Waals surface area contributed by atoms with Crippen LogP contribution >= 0.6 is 0 Å². The van der Waals surface area contributed by atoms with Gasteiger partial charge in [0.25, 0.3) is 0 Å². The van der Waals surface area contributed by atoms with E-state index in [2.05, 4.69) is 5.32 Å². The summed E-state index contributed by atoms with van der Waals surface area (Å²) in [6, 6.07) is 14.1. The van der Waals surface area contributed by atoms with Crippen LogP contribution in [0.5, 0.6) is 0 Å². The number of benzene rings is 2. The maximum absolute atomic E-state index is 12.4. The minimum Gasteiger partial charge on any atom is -0.376 e. The lowest BCUT2D eigenvalue weighted by Gasteiger charge is -2.18. The Kier molecular flexibility index (Phi) is 4.06. The van der Waals surface area contributed by atoms with Crippen molar-refractivity contribution in [2.45, 2.75) is 11.3 Å². The molecule has 6 nitrogen and oxygen atoms in total. The topological polar surface area (TPSA) is 92.5 Å². The molecule has 120 valence electrons. The first-order valence-electron chi connectivity index (χ1n) is 7.20. The molecule has 1 aliphatic rings. The lowest BCUT2D eigenvalue weighted by Crippen LogP contribution is -2.34. The van der Waals surface area contributed by atoms with Crippen LogP contribution in [-0.4, -0.2) is 27.4 Å². The molecule has 2 aromatic carbocycles. The predicted octanol–water partition coefficient (Wildman–Crippen LogP) is 1.34. The van der Waals surface area contributed by atoms with Gasteiger partial charge in [-0.3, -0.25) is 4.79 Å². The van der Waals surface area contributed by atoms with Gasteiger partial charge in [-0.05, 0) is 42.3 Å². The van der Waals surface area contributed by atoms with Gasteiger partial charge in [0, 0.05) is 17.9 Å². The van der Waals surface area contributed by atoms with Crippen molar-refractivity contribution in [3.05, 3.63) is 54.1 Å². The molecule has 1 heterocycles. The van der Waals surface area contributed by atoms with Crippen LogP contribution < -0.4 is 15.4 Å². The number of primary sulfonamides is 1. The summed E-state index contributed by atoms with van der Waals surface area (Å²) < 4.78 is 22.8. The number of sulfonamides is 1. The molecule has 0 saturated carbocycles. The Bertz CT molecular complexity index is 835. The van der Waals surface area contributed by atoms with Gasteiger partial charge in [0.15, 0.2) is 0 Å². The van der Waals surface area contributed by atoms with E-state index in [4.69, 9.17) is 5.14 Å². The SMILES string of the molecule is NS(=O)(=O)c1ccc2c(c1)CCN2C(=O)CNc1ccccc1. The number of nitrogens with two attached hydrogens (primary N) is 1. The molecule has 23 heavy (non-hydrogen) atoms. The first-order chi connectivity index (χ1) is 10.9. The van der Waals surface area contributed by atoms with Crippen molar-refractivity contribution >= 4 is 27.3 Å². The number of nitrogens with one attached hydrogen (secondary N) is 1. The summed E-state index contributed by atoms with van der Waals surface area (Å²) in [5, 5.41) is 8.22. The average Bonchev–Trinajstić information content (AvgIpc) is 2.96. The van der Waals surface area contributed by atoms with Crippen LogP contribution in [0.2, 0.25) is 0 Å². The molecule has 0 saturated heterocycles. The largest absolute Gasteiger partial charge is 0.376 e. The second-order valence-electron chi connectivity index (χ2n) is 5.35. The standard InChI is InChI=1S/C16H17N3O3S/c17-23(21,22)14-6-7-15-12(10-14)8-9-19(15)16(20)11-18-13-4-2-1-3-5-13/h1-7,10,18H,8-9,11H2,(H2,17,21,22). The Morgan fingerprint density at radius 2 is 1.91 bits per heavy atom. The number of carbonyl (C=O) groups excluding carboxylic acids is 1. The van der Waals surface area contributed by atoms with Gasteiger partial charge in [-0.1, -0.05) is 18.2 Å². The monoisotopic (exact) mass is 331 g/mol. The molecule has 0 spiro atoms. The smallest absolute Gasteiger partial charge is 0.246 e. The van der Waals surface area contributed by atoms with Crippen LogP contribution in [0.1, 0.15) is 5.56 Å². The number of para-hydroxylation sites is 1. The fourth-order valence-corrected chi connectivity index (χ4v) is 3.21. The van der Waals surface area contributed by atoms with Gasteiger partial charge in [0.1, 0.15) is 0 Å². The van der Waals surface area contributed by atoms with Gasteiger partial charge in [-0.15, -0.1) is 0 Å². The van der Waals surface area contributed by atoms with Crippen LogP contribution in [0.3, 0.4) is 0 Å². The van der Waals surface area contributed by atoms with E-state index < -0.39 is 10.0 Å². The zero-order chi connectivity index (χ0) is 16.4. The van der Waals surface area contributed by atoms with Crippen molar-refractivity contribution in [1.29, 1.82) is 0 Å². The van der Waals surface area contributed by atoms with E-state index in [1.165, 1.54) is 6.07 Å². The van der Waals surface area contributed by atoms with E-state index in [0.717, 1.165) is 16.9 Å². The van der Waals surface area contributed by atoms with Gasteiger partial charge in [-0.25, -0.2) is 13.6 Å². The Morgan fingerprint density at radius 1 is 1.17 bits per heavy atom. The molecule has 0 fully saturated rings. The first-order valence-corrected chi connectivity index (χ1v) is 8.75. The predicted molar refractivity (Wildman–Crippen MR) is 88.8 cm³/mol. The van der Waals surface area contributed by atoms with E-state index in [9.17, 15) is 13.2 Å². The fourth-order valence-electron chi connectivity index (χ4n) is 2.64. The molecular weight excluding hydrogens is 314 g/mol. The number of anilines is 2. The molecule has 1 aliphatic heterocycles. The van der Waals surface area contributed by atoms with E-state index in [1.807, 2.05) is 30.3 Å². The fraction of sp³-hybridized carbons (Fsp3) is 0.188. The summed E-state index contributed by atoms with van der Waals surface area (Å²) in [6.07, 6.45) is 0.621. The third kappa shape index (κ3) is 3.35. The average molecular weight is 331 g/mol. The van der Waals surface area contributed by atoms with Gasteiger partial charge >= 0.3 is 0 Å². The number of amides is 1. The van der Waals surface area contributed by atoms with Crippen LogP contribution in [0.15, 0.2) is 53.4 Å². The van der Waals surface area contributed by atoms with E-state index in [1.54, 1.807) is 17.0 Å². The number of carbonyl (C=O) groups is 1. The zero-order valence-corrected chi connectivity index (χ0v) is 13.2. The van der Waals surface area contributed by atoms with Crippen LogP contribution in [0.4, 0.5) is 11.4 Å². The van der Waals surface area contributed by atoms with Gasteiger partial charge in [0.2, 0.25) is 15.9 Å². The summed E-state index contributed by atoms with van der Waals surface area (Å²) in [5.74, 6) is -0.0593. The van der Waals surface area contributed by atoms with Crippen molar-refractivity contribution < 1.29 is 13.2 Å². The number of hydrogen-bond acceptors (Lipinski definition) is 4. The second kappa shape index (κ2) is 6.02. The number of rotatable bonds is 4. The Labute approximate surface area is 135 Å². The lowest BCUT2D eigenvalue weighted by molar-refractivity contribution is -0.116. The third-order valence-corrected chi connectivity index (χ3v) is 4.70. The molecule has 0 unspecified atom stereocenters. The normalized spacial score (nSPS) is 13.7. The highest BCUT2D eigenvalue weighted by molar-refractivity contribution is 7.89. The van der Waals surface area contributed by atoms with Crippen molar-refractivity contribution in [3.8, 4) is 0 Å². The summed E-state index contributed by atoms with van der Waals surface area (Å²) in [7, 11) is -3.72. The highest BCUT2D eigenvalue weighted by Crippen LogP contribution is 2.30. The molecule has 0 radical (unpaired) electrons. The van der Waals surface area contributed by atoms with Crippen molar-refractivity contribution in [3.63, 3.8) is 0 Å². The molecule has 0 atom stereocenters. The molecule has 0 bridgehead atoms. The van der Waals surface area contributed by atoms with Crippen LogP contribution in [0, 0.1) is 0 Å². The molecule has 0 aromatic heterocycles. The highest BCUT2D eigenvalue weighted by Gasteiger charge is 2.25. The summed E-state index contributed by atoms with van der Waals surface area (Å²) in [6.45, 7) is 0.721. The molecule has 3 rings (SSSR count). The number of hydrogen-bond donors (Lipinski definition) is 2. The molecule has 3 N–H and O–H groups in total. The van der Waals surface area contributed by atoms with Gasteiger partial charge < -0.3 is 10.2 Å². The van der Waals surface area contributed by atoms with Crippen molar-refractivity contribution in [2.24, 2.45) is 5.14 Å². The van der Waals surface area contributed by atoms with Crippen molar-refractivity contribution in [1.82, 2.24) is 0 Å². The molecule has 0 aliphatic carbocycles. The van der Waals surface area contributed by atoms with Crippen molar-refractivity contribution in [2.75, 3.05) is 23.3 Å². The Balaban J connectivity index is 1.73. The number of fused-ring (bicyclic) bond motifs is 1. The summed E-state index contributed by atoms with van der Waals surface area (Å²) in [5.41, 5.74) is 2.45. The molecule has 7 heteroatoms. The molecule has 1 amide bonds.